The molecular formula is C114H111BrF5N17O10. The first-order chi connectivity index (χ1) is 71.2. The molecular weight excluding hydrogens is 1940 g/mol. The van der Waals surface area contributed by atoms with Gasteiger partial charge in [0, 0.05) is 139 Å². The first-order valence-corrected chi connectivity index (χ1v) is 48.1. The number of carboxylic acid groups (broad SMARTS) is 1. The standard InChI is InChI=1S/C29H31FN4O2.C28H29FN4O2.C21H20FN3O2.C18H15BrFN3O2.C18H16FN3O2/c1-21-4-6-23(7-5-21)20-33(2)16-14-26-19-32-28(27-18-24(12-15-31-27)29(35)36-3)34(26)17-13-22-8-10-25(30)11-9-22;1-20-3-5-22(6-4-20)19-32(2)15-13-25-18-31-27(26-17-23(28(34)35)11-14-30-26)33(25)16-12-21-7-9-24(29)10-8-21;1-3-4-18-14-24-20(19-13-16(9-11-23-19)21(26)27-2)25(18)12-10-15-5-7-17(22)8-6-15;1-25-18(24)13-6-8-21-15(10-13)17-22-11-16(19)23(17)9-7-12-2-4-14(20)5-3-12;1-24-18(23)14-6-8-20-16(12-14)17-21-9-11-22(17)10-7-13-2-4-15(19)5-3-13/h4-12,15,18-19H,13-14,16-17,20H2,1-3H3;3-11,14,17-18H,12-13,15-16,19H2,1-2H3,(H,34,35);3-9,11,13-14H,10,12H2,1-2H3;2-6,8,10-11H,7,9H2,1H3;2-6,8-9,11-12H,7,10H2,1H3/b;;4-3-;;. The van der Waals surface area contributed by atoms with Crippen LogP contribution in [0.5, 0.6) is 0 Å². The minimum atomic E-state index is -1.00. The lowest BCUT2D eigenvalue weighted by molar-refractivity contribution is 0.0592. The molecule has 0 atom stereocenters. The van der Waals surface area contributed by atoms with Gasteiger partial charge in [0.15, 0.2) is 29.1 Å². The van der Waals surface area contributed by atoms with E-state index in [1.807, 2.05) is 51.4 Å². The predicted molar refractivity (Wildman–Crippen MR) is 555 cm³/mol. The molecule has 0 unspecified atom stereocenters. The zero-order valence-electron chi connectivity index (χ0n) is 82.8. The molecule has 0 saturated heterocycles. The van der Waals surface area contributed by atoms with Crippen molar-refractivity contribution >= 4 is 51.9 Å². The predicted octanol–water partition coefficient (Wildman–Crippen LogP) is 21.2. The summed E-state index contributed by atoms with van der Waals surface area (Å²) in [7, 11) is 9.58. The molecule has 0 spiro atoms. The van der Waals surface area contributed by atoms with Crippen molar-refractivity contribution in [2.24, 2.45) is 0 Å². The molecule has 0 radical (unpaired) electrons. The van der Waals surface area contributed by atoms with Crippen molar-refractivity contribution < 1.29 is 70.0 Å². The molecule has 147 heavy (non-hydrogen) atoms. The maximum absolute atomic E-state index is 13.4. The lowest BCUT2D eigenvalue weighted by Crippen LogP contribution is -2.22. The van der Waals surface area contributed by atoms with Crippen molar-refractivity contribution in [1.82, 2.24) is 82.5 Å². The number of ether oxygens (including phenoxy) is 4. The van der Waals surface area contributed by atoms with Crippen molar-refractivity contribution in [3.8, 4) is 57.6 Å². The van der Waals surface area contributed by atoms with Gasteiger partial charge < -0.3 is 56.7 Å². The summed E-state index contributed by atoms with van der Waals surface area (Å²) in [6, 6.07) is 65.6. The Labute approximate surface area is 857 Å². The lowest BCUT2D eigenvalue weighted by Gasteiger charge is -2.18. The second kappa shape index (κ2) is 53.7. The maximum Gasteiger partial charge on any atom is 0.337 e. The van der Waals surface area contributed by atoms with Crippen LogP contribution in [0.25, 0.3) is 63.7 Å². The van der Waals surface area contributed by atoms with E-state index in [0.29, 0.717) is 138 Å². The van der Waals surface area contributed by atoms with E-state index >= 15 is 0 Å². The number of carboxylic acids is 1. The summed E-state index contributed by atoms with van der Waals surface area (Å²) in [4.78, 5) is 108. The van der Waals surface area contributed by atoms with Gasteiger partial charge in [-0.2, -0.15) is 0 Å². The topological polar surface area (TPSA) is 303 Å². The average molecular weight is 2050 g/mol. The third-order valence-electron chi connectivity index (χ3n) is 23.8. The molecule has 0 saturated carbocycles. The van der Waals surface area contributed by atoms with E-state index in [1.165, 1.54) is 124 Å². The molecule has 0 amide bonds. The molecule has 0 aliphatic rings. The van der Waals surface area contributed by atoms with E-state index in [-0.39, 0.29) is 34.6 Å². The van der Waals surface area contributed by atoms with Gasteiger partial charge in [-0.1, -0.05) is 126 Å². The van der Waals surface area contributed by atoms with Crippen LogP contribution in [-0.4, -0.2) is 173 Å². The van der Waals surface area contributed by atoms with Crippen LogP contribution < -0.4 is 0 Å². The van der Waals surface area contributed by atoms with Crippen LogP contribution in [0.15, 0.2) is 309 Å². The summed E-state index contributed by atoms with van der Waals surface area (Å²) in [5, 5.41) is 9.40. The van der Waals surface area contributed by atoms with E-state index in [2.05, 4.69) is 161 Å². The molecule has 17 aromatic rings. The van der Waals surface area contributed by atoms with Gasteiger partial charge in [0.05, 0.1) is 74.3 Å². The minimum absolute atomic E-state index is 0.169. The van der Waals surface area contributed by atoms with E-state index in [4.69, 9.17) is 18.9 Å². The molecule has 0 fully saturated rings. The highest BCUT2D eigenvalue weighted by molar-refractivity contribution is 9.10. The number of aromatic nitrogens is 15. The van der Waals surface area contributed by atoms with Gasteiger partial charge in [-0.25, -0.2) is 70.8 Å². The summed E-state index contributed by atoms with van der Waals surface area (Å²) >= 11 is 3.48. The smallest absolute Gasteiger partial charge is 0.337 e. The number of imidazole rings is 5. The van der Waals surface area contributed by atoms with Crippen LogP contribution in [0.2, 0.25) is 0 Å². The molecule has 27 nitrogen and oxygen atoms in total. The number of hydrogen-bond donors (Lipinski definition) is 1. The zero-order chi connectivity index (χ0) is 104. The first kappa shape index (κ1) is 108. The lowest BCUT2D eigenvalue weighted by atomic mass is 10.1. The minimum Gasteiger partial charge on any atom is -0.478 e. The Kier molecular flexibility index (Phi) is 39.4. The van der Waals surface area contributed by atoms with Crippen LogP contribution >= 0.6 is 15.9 Å². The molecule has 17 rings (SSSR count). The normalized spacial score (nSPS) is 11.0. The number of benzene rings is 7. The molecule has 1 N–H and O–H groups in total. The molecule has 33 heteroatoms. The van der Waals surface area contributed by atoms with Gasteiger partial charge in [0.1, 0.15) is 62.2 Å². The quantitative estimate of drug-likeness (QED) is 0.0217. The first-order valence-electron chi connectivity index (χ1n) is 47.3. The Bertz CT molecular complexity index is 7270. The third-order valence-corrected chi connectivity index (χ3v) is 24.5. The average Bonchev–Trinajstić information content (AvgIpc) is 1.68. The number of halogens is 6. The highest BCUT2D eigenvalue weighted by Crippen LogP contribution is 2.29. The van der Waals surface area contributed by atoms with Gasteiger partial charge in [-0.05, 0) is 249 Å². The Morgan fingerprint density at radius 2 is 0.619 bits per heavy atom. The van der Waals surface area contributed by atoms with Gasteiger partial charge in [-0.3, -0.25) is 24.9 Å². The SMILES string of the molecule is C/C=C\c1cnc(-c2cc(C(=O)OC)ccn2)n1CCc1ccc(F)cc1.COC(=O)c1ccnc(-c2ncc(Br)n2CCc2ccc(F)cc2)c1.COC(=O)c1ccnc(-c2ncc(CCN(C)Cc3ccc(C)cc3)n2CCc2ccc(F)cc2)c1.COC(=O)c1ccnc(-c2nccn2CCc2ccc(F)cc2)c1.Cc1ccc(CN(C)CCc2cnc(-c3cc(C(=O)O)ccn3)n2CCc2ccc(F)cc2)cc1. The van der Waals surface area contributed by atoms with Crippen molar-refractivity contribution in [2.45, 2.75) is 112 Å². The summed E-state index contributed by atoms with van der Waals surface area (Å²) in [5.41, 5.74) is 18.0. The van der Waals surface area contributed by atoms with Crippen molar-refractivity contribution in [2.75, 3.05) is 55.6 Å². The number of rotatable bonds is 36. The highest BCUT2D eigenvalue weighted by atomic mass is 79.9. The number of allylic oxidation sites excluding steroid dienone is 1. The maximum atomic E-state index is 13.4. The second-order valence-corrected chi connectivity index (χ2v) is 35.2. The fraction of sp³-hybridized carbons (Fsp3) is 0.219. The fourth-order valence-corrected chi connectivity index (χ4v) is 16.3. The van der Waals surface area contributed by atoms with Crippen molar-refractivity contribution in [1.29, 1.82) is 0 Å². The summed E-state index contributed by atoms with van der Waals surface area (Å²) in [5.74, 6) is -0.635. The second-order valence-electron chi connectivity index (χ2n) is 34.4. The van der Waals surface area contributed by atoms with Crippen LogP contribution in [0.3, 0.4) is 0 Å². The van der Waals surface area contributed by atoms with Gasteiger partial charge in [-0.15, -0.1) is 0 Å². The fourth-order valence-electron chi connectivity index (χ4n) is 15.9. The molecule has 0 aliphatic heterocycles. The van der Waals surface area contributed by atoms with Crippen LogP contribution in [0.1, 0.15) is 126 Å². The number of carbonyl (C=O) groups excluding carboxylic acids is 4. The van der Waals surface area contributed by atoms with E-state index < -0.39 is 29.8 Å². The van der Waals surface area contributed by atoms with Crippen LogP contribution in [0, 0.1) is 42.9 Å². The number of pyridine rings is 5. The largest absolute Gasteiger partial charge is 0.478 e. The van der Waals surface area contributed by atoms with E-state index in [1.54, 1.807) is 159 Å². The highest BCUT2D eigenvalue weighted by Gasteiger charge is 2.23. The van der Waals surface area contributed by atoms with Crippen LogP contribution in [-0.2, 0) is 110 Å². The van der Waals surface area contributed by atoms with Gasteiger partial charge >= 0.3 is 29.8 Å². The van der Waals surface area contributed by atoms with Gasteiger partial charge in [0.25, 0.3) is 0 Å². The molecule has 754 valence electrons. The molecule has 10 aromatic heterocycles. The number of likely N-dealkylation sites (N-methyl/N-ethyl adjacent to an activating group) is 2. The monoisotopic (exact) mass is 2050 g/mol. The molecule has 0 bridgehead atoms. The summed E-state index contributed by atoms with van der Waals surface area (Å²) in [6.07, 6.45) is 27.5. The number of esters is 4. The number of hydrogen-bond acceptors (Lipinski definition) is 21. The molecule has 0 aliphatic carbocycles. The number of methoxy groups -OCH3 is 4. The van der Waals surface area contributed by atoms with Gasteiger partial charge in [0.2, 0.25) is 0 Å². The number of aryl methyl sites for hydroxylation is 8. The number of aromatic carboxylic acids is 1. The van der Waals surface area contributed by atoms with E-state index in [0.717, 1.165) is 94.9 Å². The summed E-state index contributed by atoms with van der Waals surface area (Å²) < 4.78 is 95.9. The van der Waals surface area contributed by atoms with Crippen molar-refractivity contribution in [3.63, 3.8) is 0 Å². The number of carbonyl (C=O) groups is 5. The Morgan fingerprint density at radius 1 is 0.333 bits per heavy atom. The van der Waals surface area contributed by atoms with Crippen LogP contribution in [0.4, 0.5) is 22.0 Å². The number of nitrogens with zero attached hydrogens (tertiary/aromatic N) is 17. The Hall–Kier alpha value is -16.5. The Balaban J connectivity index is 0.000000155. The Morgan fingerprint density at radius 3 is 0.959 bits per heavy atom. The molecule has 7 aromatic carbocycles. The third kappa shape index (κ3) is 31.3. The summed E-state index contributed by atoms with van der Waals surface area (Å²) in [6.45, 7) is 12.7. The zero-order valence-corrected chi connectivity index (χ0v) is 84.3. The molecule has 10 heterocycles. The van der Waals surface area contributed by atoms with Crippen molar-refractivity contribution in [3.05, 3.63) is 433 Å². The van der Waals surface area contributed by atoms with E-state index in [9.17, 15) is 51.0 Å².